The molecule has 3 N–H and O–H groups in total. The number of nitrogens with one attached hydrogen (secondary N) is 2. The van der Waals surface area contributed by atoms with Gasteiger partial charge in [-0.15, -0.1) is 0 Å². The average Bonchev–Trinajstić information content (AvgIpc) is 3.07. The van der Waals surface area contributed by atoms with E-state index in [4.69, 9.17) is 5.11 Å². The first-order chi connectivity index (χ1) is 8.03. The minimum absolute atomic E-state index is 0.0925. The Morgan fingerprint density at radius 2 is 2.12 bits per heavy atom. The van der Waals surface area contributed by atoms with Crippen LogP contribution in [-0.4, -0.2) is 37.3 Å². The van der Waals surface area contributed by atoms with Crippen molar-refractivity contribution in [1.29, 1.82) is 0 Å². The summed E-state index contributed by atoms with van der Waals surface area (Å²) in [7, 11) is 0. The van der Waals surface area contributed by atoms with Gasteiger partial charge in [-0.05, 0) is 37.0 Å². The fourth-order valence-electron chi connectivity index (χ4n) is 1.80. The molecule has 1 fully saturated rings. The number of rotatable bonds is 9. The van der Waals surface area contributed by atoms with Gasteiger partial charge in [-0.2, -0.15) is 0 Å². The molecule has 0 radical (unpaired) electrons. The number of carbonyl (C=O) groups excluding carboxylic acids is 1. The van der Waals surface area contributed by atoms with Crippen molar-refractivity contribution < 1.29 is 9.90 Å². The van der Waals surface area contributed by atoms with Crippen LogP contribution in [-0.2, 0) is 4.79 Å². The SMILES string of the molecule is CC(C)(CCCO)CNCC(=O)NCC1CC1. The van der Waals surface area contributed by atoms with Crippen LogP contribution in [0.25, 0.3) is 0 Å². The van der Waals surface area contributed by atoms with Gasteiger partial charge in [0.15, 0.2) is 0 Å². The Balaban J connectivity index is 2.02. The molecular weight excluding hydrogens is 216 g/mol. The molecule has 4 heteroatoms. The van der Waals surface area contributed by atoms with Crippen LogP contribution in [0.15, 0.2) is 0 Å². The van der Waals surface area contributed by atoms with Crippen molar-refractivity contribution in [2.75, 3.05) is 26.2 Å². The minimum atomic E-state index is 0.0925. The summed E-state index contributed by atoms with van der Waals surface area (Å²) in [5.74, 6) is 0.829. The average molecular weight is 242 g/mol. The summed E-state index contributed by atoms with van der Waals surface area (Å²) in [4.78, 5) is 11.5. The number of carbonyl (C=O) groups is 1. The van der Waals surface area contributed by atoms with Crippen molar-refractivity contribution in [2.24, 2.45) is 11.3 Å². The zero-order chi connectivity index (χ0) is 12.7. The second-order valence-electron chi connectivity index (χ2n) is 5.84. The predicted octanol–water partition coefficient (Wildman–Crippen LogP) is 0.901. The predicted molar refractivity (Wildman–Crippen MR) is 68.7 cm³/mol. The first-order valence-corrected chi connectivity index (χ1v) is 6.62. The van der Waals surface area contributed by atoms with E-state index < -0.39 is 0 Å². The highest BCUT2D eigenvalue weighted by Gasteiger charge is 2.21. The van der Waals surface area contributed by atoms with Crippen molar-refractivity contribution in [2.45, 2.75) is 39.5 Å². The van der Waals surface area contributed by atoms with E-state index in [1.807, 2.05) is 0 Å². The zero-order valence-corrected chi connectivity index (χ0v) is 11.1. The number of hydrogen-bond acceptors (Lipinski definition) is 3. The van der Waals surface area contributed by atoms with Crippen LogP contribution in [0.1, 0.15) is 39.5 Å². The summed E-state index contributed by atoms with van der Waals surface area (Å²) in [6.07, 6.45) is 4.33. The summed E-state index contributed by atoms with van der Waals surface area (Å²) >= 11 is 0. The number of hydrogen-bond donors (Lipinski definition) is 3. The van der Waals surface area contributed by atoms with Gasteiger partial charge in [0.05, 0.1) is 6.54 Å². The minimum Gasteiger partial charge on any atom is -0.396 e. The molecule has 1 amide bonds. The molecule has 0 unspecified atom stereocenters. The summed E-state index contributed by atoms with van der Waals surface area (Å²) in [5.41, 5.74) is 0.138. The lowest BCUT2D eigenvalue weighted by Gasteiger charge is -2.24. The third kappa shape index (κ3) is 7.34. The Labute approximate surface area is 104 Å². The molecule has 0 spiro atoms. The monoisotopic (exact) mass is 242 g/mol. The third-order valence-electron chi connectivity index (χ3n) is 3.19. The molecule has 1 saturated carbocycles. The number of amides is 1. The molecule has 1 rings (SSSR count). The molecule has 0 saturated heterocycles. The van der Waals surface area contributed by atoms with E-state index in [1.165, 1.54) is 12.8 Å². The van der Waals surface area contributed by atoms with Gasteiger partial charge in [0.1, 0.15) is 0 Å². The molecule has 4 nitrogen and oxygen atoms in total. The van der Waals surface area contributed by atoms with Gasteiger partial charge in [0, 0.05) is 19.7 Å². The molecule has 17 heavy (non-hydrogen) atoms. The molecule has 0 aliphatic heterocycles. The van der Waals surface area contributed by atoms with E-state index in [0.29, 0.717) is 6.54 Å². The van der Waals surface area contributed by atoms with Gasteiger partial charge in [0.25, 0.3) is 0 Å². The molecule has 1 aliphatic carbocycles. The maximum absolute atomic E-state index is 11.5. The lowest BCUT2D eigenvalue weighted by Crippen LogP contribution is -2.38. The van der Waals surface area contributed by atoms with Crippen molar-refractivity contribution in [1.82, 2.24) is 10.6 Å². The summed E-state index contributed by atoms with van der Waals surface area (Å²) in [6.45, 7) is 6.59. The molecule has 0 aromatic carbocycles. The van der Waals surface area contributed by atoms with E-state index in [0.717, 1.165) is 31.8 Å². The van der Waals surface area contributed by atoms with Crippen LogP contribution in [0.3, 0.4) is 0 Å². The Morgan fingerprint density at radius 1 is 1.41 bits per heavy atom. The maximum Gasteiger partial charge on any atom is 0.233 e. The van der Waals surface area contributed by atoms with Crippen molar-refractivity contribution in [3.05, 3.63) is 0 Å². The molecule has 0 heterocycles. The molecule has 0 aromatic heterocycles. The van der Waals surface area contributed by atoms with Gasteiger partial charge in [0.2, 0.25) is 5.91 Å². The standard InChI is InChI=1S/C13H26N2O2/c1-13(2,6-3-7-16)10-14-9-12(17)15-8-11-4-5-11/h11,14,16H,3-10H2,1-2H3,(H,15,17). The Morgan fingerprint density at radius 3 is 2.71 bits per heavy atom. The van der Waals surface area contributed by atoms with Crippen LogP contribution < -0.4 is 10.6 Å². The molecule has 0 atom stereocenters. The quantitative estimate of drug-likeness (QED) is 0.563. The normalized spacial score (nSPS) is 15.9. The summed E-state index contributed by atoms with van der Waals surface area (Å²) in [6, 6.07) is 0. The molecule has 1 aliphatic rings. The topological polar surface area (TPSA) is 61.4 Å². The first kappa shape index (κ1) is 14.5. The maximum atomic E-state index is 11.5. The highest BCUT2D eigenvalue weighted by Crippen LogP contribution is 2.27. The smallest absolute Gasteiger partial charge is 0.233 e. The van der Waals surface area contributed by atoms with Crippen molar-refractivity contribution in [3.8, 4) is 0 Å². The number of aliphatic hydroxyl groups is 1. The molecular formula is C13H26N2O2. The van der Waals surface area contributed by atoms with E-state index in [1.54, 1.807) is 0 Å². The molecule has 0 bridgehead atoms. The van der Waals surface area contributed by atoms with Crippen LogP contribution in [0.5, 0.6) is 0 Å². The fourth-order valence-corrected chi connectivity index (χ4v) is 1.80. The molecule has 100 valence electrons. The second kappa shape index (κ2) is 6.97. The van der Waals surface area contributed by atoms with Gasteiger partial charge < -0.3 is 15.7 Å². The van der Waals surface area contributed by atoms with Crippen LogP contribution >= 0.6 is 0 Å². The Bertz CT molecular complexity index is 238. The van der Waals surface area contributed by atoms with Gasteiger partial charge in [-0.3, -0.25) is 4.79 Å². The second-order valence-corrected chi connectivity index (χ2v) is 5.84. The zero-order valence-electron chi connectivity index (χ0n) is 11.1. The van der Waals surface area contributed by atoms with E-state index >= 15 is 0 Å². The largest absolute Gasteiger partial charge is 0.396 e. The van der Waals surface area contributed by atoms with Crippen LogP contribution in [0.2, 0.25) is 0 Å². The van der Waals surface area contributed by atoms with Crippen molar-refractivity contribution in [3.63, 3.8) is 0 Å². The summed E-state index contributed by atoms with van der Waals surface area (Å²) < 4.78 is 0. The third-order valence-corrected chi connectivity index (χ3v) is 3.19. The Kier molecular flexibility index (Phi) is 5.92. The van der Waals surface area contributed by atoms with E-state index in [9.17, 15) is 4.79 Å². The summed E-state index contributed by atoms with van der Waals surface area (Å²) in [5, 5.41) is 14.9. The van der Waals surface area contributed by atoms with Gasteiger partial charge in [-0.25, -0.2) is 0 Å². The van der Waals surface area contributed by atoms with E-state index in [-0.39, 0.29) is 17.9 Å². The lowest BCUT2D eigenvalue weighted by atomic mass is 9.88. The van der Waals surface area contributed by atoms with Gasteiger partial charge >= 0.3 is 0 Å². The first-order valence-electron chi connectivity index (χ1n) is 6.62. The lowest BCUT2D eigenvalue weighted by molar-refractivity contribution is -0.120. The highest BCUT2D eigenvalue weighted by molar-refractivity contribution is 5.77. The molecule has 0 aromatic rings. The number of aliphatic hydroxyl groups excluding tert-OH is 1. The van der Waals surface area contributed by atoms with Crippen LogP contribution in [0, 0.1) is 11.3 Å². The van der Waals surface area contributed by atoms with Crippen LogP contribution in [0.4, 0.5) is 0 Å². The van der Waals surface area contributed by atoms with Gasteiger partial charge in [-0.1, -0.05) is 13.8 Å². The van der Waals surface area contributed by atoms with E-state index in [2.05, 4.69) is 24.5 Å². The fraction of sp³-hybridized carbons (Fsp3) is 0.923. The van der Waals surface area contributed by atoms with Crippen molar-refractivity contribution >= 4 is 5.91 Å². The highest BCUT2D eigenvalue weighted by atomic mass is 16.2. The Hall–Kier alpha value is -0.610.